The third-order valence-electron chi connectivity index (χ3n) is 5.37. The van der Waals surface area contributed by atoms with Crippen LogP contribution in [0, 0.1) is 11.8 Å². The summed E-state index contributed by atoms with van der Waals surface area (Å²) in [5, 5.41) is 0. The Morgan fingerprint density at radius 3 is 2.50 bits per heavy atom. The molecule has 0 aromatic heterocycles. The van der Waals surface area contributed by atoms with Crippen molar-refractivity contribution in [2.45, 2.75) is 58.8 Å². The van der Waals surface area contributed by atoms with Crippen LogP contribution in [0.25, 0.3) is 0 Å². The lowest BCUT2D eigenvalue weighted by Gasteiger charge is -2.37. The molecule has 0 spiro atoms. The van der Waals surface area contributed by atoms with E-state index in [0.29, 0.717) is 24.5 Å². The van der Waals surface area contributed by atoms with E-state index < -0.39 is 0 Å². The van der Waals surface area contributed by atoms with Crippen LogP contribution in [-0.2, 0) is 20.9 Å². The number of hydrogen-bond acceptors (Lipinski definition) is 4. The zero-order chi connectivity index (χ0) is 20.7. The minimum absolute atomic E-state index is 0.0782. The first-order valence-electron chi connectivity index (χ1n) is 10.0. The summed E-state index contributed by atoms with van der Waals surface area (Å²) < 4.78 is 17.1. The first-order valence-corrected chi connectivity index (χ1v) is 10.0. The van der Waals surface area contributed by atoms with Crippen molar-refractivity contribution >= 4 is 5.78 Å². The van der Waals surface area contributed by atoms with Crippen LogP contribution in [0.1, 0.15) is 45.6 Å². The summed E-state index contributed by atoms with van der Waals surface area (Å²) in [6.45, 7) is 10.9. The molecule has 1 aromatic rings. The smallest absolute Gasteiger partial charge is 0.168 e. The highest BCUT2D eigenvalue weighted by atomic mass is 16.5. The van der Waals surface area contributed by atoms with Crippen molar-refractivity contribution in [2.24, 2.45) is 11.8 Å². The Labute approximate surface area is 169 Å². The van der Waals surface area contributed by atoms with Crippen LogP contribution in [0.3, 0.4) is 0 Å². The SMILES string of the molecule is C=C1C[C@@H](OCc2ccc(OC)cc2)[C@@H](OC)[C@H](/C(C)=C/CCC(C)C)C1=O. The number of methoxy groups -OCH3 is 2. The maximum atomic E-state index is 12.8. The molecular formula is C24H34O4. The highest BCUT2D eigenvalue weighted by Gasteiger charge is 2.42. The van der Waals surface area contributed by atoms with E-state index in [2.05, 4.69) is 26.5 Å². The summed E-state index contributed by atoms with van der Waals surface area (Å²) in [6, 6.07) is 7.80. The van der Waals surface area contributed by atoms with Crippen molar-refractivity contribution in [3.05, 3.63) is 53.6 Å². The fourth-order valence-corrected chi connectivity index (χ4v) is 3.65. The van der Waals surface area contributed by atoms with Crippen LogP contribution < -0.4 is 4.74 Å². The van der Waals surface area contributed by atoms with Gasteiger partial charge in [0.05, 0.1) is 31.8 Å². The molecule has 3 atom stereocenters. The lowest BCUT2D eigenvalue weighted by molar-refractivity contribution is -0.136. The third kappa shape index (κ3) is 5.79. The maximum absolute atomic E-state index is 12.8. The van der Waals surface area contributed by atoms with Gasteiger partial charge in [0, 0.05) is 13.5 Å². The predicted octanol–water partition coefficient (Wildman–Crippen LogP) is 5.12. The van der Waals surface area contributed by atoms with Gasteiger partial charge in [-0.25, -0.2) is 0 Å². The molecule has 28 heavy (non-hydrogen) atoms. The topological polar surface area (TPSA) is 44.8 Å². The number of rotatable bonds is 9. The van der Waals surface area contributed by atoms with Gasteiger partial charge in [-0.15, -0.1) is 0 Å². The van der Waals surface area contributed by atoms with Gasteiger partial charge in [-0.3, -0.25) is 4.79 Å². The molecule has 0 bridgehead atoms. The normalized spacial score (nSPS) is 23.4. The van der Waals surface area contributed by atoms with Crippen molar-refractivity contribution in [2.75, 3.05) is 14.2 Å². The Bertz CT molecular complexity index is 687. The van der Waals surface area contributed by atoms with Gasteiger partial charge in [0.25, 0.3) is 0 Å². The molecule has 4 nitrogen and oxygen atoms in total. The fourth-order valence-electron chi connectivity index (χ4n) is 3.65. The molecule has 0 aliphatic heterocycles. The van der Waals surface area contributed by atoms with Gasteiger partial charge >= 0.3 is 0 Å². The third-order valence-corrected chi connectivity index (χ3v) is 5.37. The number of hydrogen-bond donors (Lipinski definition) is 0. The van der Waals surface area contributed by atoms with E-state index in [9.17, 15) is 4.79 Å². The van der Waals surface area contributed by atoms with Crippen molar-refractivity contribution in [1.82, 2.24) is 0 Å². The van der Waals surface area contributed by atoms with Crippen molar-refractivity contribution in [1.29, 1.82) is 0 Å². The van der Waals surface area contributed by atoms with Crippen molar-refractivity contribution in [3.8, 4) is 5.75 Å². The summed E-state index contributed by atoms with van der Waals surface area (Å²) in [5.74, 6) is 1.21. The Hall–Kier alpha value is -1.91. The molecule has 0 unspecified atom stereocenters. The zero-order valence-electron chi connectivity index (χ0n) is 17.9. The van der Waals surface area contributed by atoms with Gasteiger partial charge in [-0.1, -0.05) is 44.2 Å². The Kier molecular flexibility index (Phi) is 8.46. The molecule has 154 valence electrons. The average molecular weight is 387 g/mol. The van der Waals surface area contributed by atoms with Crippen LogP contribution in [0.5, 0.6) is 5.75 Å². The highest BCUT2D eigenvalue weighted by molar-refractivity contribution is 5.99. The number of carbonyl (C=O) groups excluding carboxylic acids is 1. The van der Waals surface area contributed by atoms with Crippen molar-refractivity contribution in [3.63, 3.8) is 0 Å². The first kappa shape index (κ1) is 22.4. The molecular weight excluding hydrogens is 352 g/mol. The average Bonchev–Trinajstić information content (AvgIpc) is 2.68. The standard InChI is InChI=1S/C24H34O4/c1-16(2)8-7-9-17(3)22-23(25)18(4)14-21(24(22)27-6)28-15-19-10-12-20(26-5)13-11-19/h9-13,16,21-22,24H,4,7-8,14-15H2,1-3,5-6H3/b17-9+/t21-,22-,24-/m1/s1. The second kappa shape index (κ2) is 10.6. The van der Waals surface area contributed by atoms with Gasteiger partial charge in [0.15, 0.2) is 5.78 Å². The van der Waals surface area contributed by atoms with E-state index in [-0.39, 0.29) is 23.9 Å². The Morgan fingerprint density at radius 1 is 1.25 bits per heavy atom. The lowest BCUT2D eigenvalue weighted by Crippen LogP contribution is -2.46. The Balaban J connectivity index is 2.10. The van der Waals surface area contributed by atoms with Crippen LogP contribution in [0.4, 0.5) is 0 Å². The van der Waals surface area contributed by atoms with Crippen LogP contribution in [0.15, 0.2) is 48.1 Å². The molecule has 1 aliphatic carbocycles. The van der Waals surface area contributed by atoms with Gasteiger partial charge in [-0.05, 0) is 49.0 Å². The second-order valence-electron chi connectivity index (χ2n) is 7.97. The largest absolute Gasteiger partial charge is 0.497 e. The summed E-state index contributed by atoms with van der Waals surface area (Å²) in [6.07, 6.45) is 4.25. The summed E-state index contributed by atoms with van der Waals surface area (Å²) in [7, 11) is 3.31. The van der Waals surface area contributed by atoms with Crippen LogP contribution in [-0.4, -0.2) is 32.2 Å². The quantitative estimate of drug-likeness (QED) is 0.436. The molecule has 0 radical (unpaired) electrons. The number of allylic oxidation sites excluding steroid dienone is 1. The fraction of sp³-hybridized carbons (Fsp3) is 0.542. The number of ether oxygens (including phenoxy) is 3. The molecule has 1 fully saturated rings. The second-order valence-corrected chi connectivity index (χ2v) is 7.97. The first-order chi connectivity index (χ1) is 13.4. The van der Waals surface area contributed by atoms with E-state index >= 15 is 0 Å². The van der Waals surface area contributed by atoms with E-state index in [1.807, 2.05) is 31.2 Å². The van der Waals surface area contributed by atoms with Crippen LogP contribution in [0.2, 0.25) is 0 Å². The van der Waals surface area contributed by atoms with E-state index in [1.165, 1.54) is 0 Å². The van der Waals surface area contributed by atoms with Gasteiger partial charge in [-0.2, -0.15) is 0 Å². The molecule has 0 saturated heterocycles. The highest BCUT2D eigenvalue weighted by Crippen LogP contribution is 2.34. The minimum Gasteiger partial charge on any atom is -0.497 e. The van der Waals surface area contributed by atoms with Gasteiger partial charge in [0.2, 0.25) is 0 Å². The molecule has 0 heterocycles. The maximum Gasteiger partial charge on any atom is 0.168 e. The van der Waals surface area contributed by atoms with Crippen LogP contribution >= 0.6 is 0 Å². The Morgan fingerprint density at radius 2 is 1.93 bits per heavy atom. The number of ketones is 1. The zero-order valence-corrected chi connectivity index (χ0v) is 17.9. The number of benzene rings is 1. The molecule has 2 rings (SSSR count). The molecule has 1 aromatic carbocycles. The molecule has 0 N–H and O–H groups in total. The molecule has 4 heteroatoms. The van der Waals surface area contributed by atoms with E-state index in [1.54, 1.807) is 14.2 Å². The summed E-state index contributed by atoms with van der Waals surface area (Å²) >= 11 is 0. The monoisotopic (exact) mass is 386 g/mol. The number of Topliss-reactive ketones (excluding diaryl/α,β-unsaturated/α-hetero) is 1. The predicted molar refractivity (Wildman–Crippen MR) is 112 cm³/mol. The van der Waals surface area contributed by atoms with E-state index in [0.717, 1.165) is 29.7 Å². The number of carbonyl (C=O) groups is 1. The minimum atomic E-state index is -0.320. The molecule has 0 amide bonds. The van der Waals surface area contributed by atoms with Gasteiger partial charge < -0.3 is 14.2 Å². The van der Waals surface area contributed by atoms with E-state index in [4.69, 9.17) is 14.2 Å². The molecule has 1 saturated carbocycles. The van der Waals surface area contributed by atoms with Crippen molar-refractivity contribution < 1.29 is 19.0 Å². The summed E-state index contributed by atoms with van der Waals surface area (Å²) in [4.78, 5) is 12.8. The molecule has 1 aliphatic rings. The summed E-state index contributed by atoms with van der Waals surface area (Å²) in [5.41, 5.74) is 2.73. The van der Waals surface area contributed by atoms with Gasteiger partial charge in [0.1, 0.15) is 5.75 Å². The lowest BCUT2D eigenvalue weighted by atomic mass is 9.76.